The van der Waals surface area contributed by atoms with Gasteiger partial charge in [-0.05, 0) is 20.5 Å². The molecule has 1 fully saturated rings. The summed E-state index contributed by atoms with van der Waals surface area (Å²) in [4.78, 5) is 15.4. The molecule has 1 aliphatic heterocycles. The molecule has 0 radical (unpaired) electrons. The zero-order chi connectivity index (χ0) is 11.4. The highest BCUT2D eigenvalue weighted by atomic mass is 16.5. The van der Waals surface area contributed by atoms with Crippen LogP contribution in [0.15, 0.2) is 0 Å². The second kappa shape index (κ2) is 5.44. The summed E-state index contributed by atoms with van der Waals surface area (Å²) < 4.78 is 4.82. The van der Waals surface area contributed by atoms with Gasteiger partial charge in [0.25, 0.3) is 0 Å². The van der Waals surface area contributed by atoms with Crippen LogP contribution in [-0.2, 0) is 9.53 Å². The van der Waals surface area contributed by atoms with Crippen molar-refractivity contribution in [2.75, 3.05) is 40.9 Å². The van der Waals surface area contributed by atoms with E-state index in [0.29, 0.717) is 13.0 Å². The van der Waals surface area contributed by atoms with Crippen molar-refractivity contribution >= 4 is 5.91 Å². The van der Waals surface area contributed by atoms with Crippen LogP contribution in [0.2, 0.25) is 0 Å². The fourth-order valence-electron chi connectivity index (χ4n) is 2.00. The lowest BCUT2D eigenvalue weighted by Gasteiger charge is -2.26. The molecule has 1 aliphatic rings. The Hall–Kier alpha value is -0.650. The van der Waals surface area contributed by atoms with Gasteiger partial charge < -0.3 is 19.6 Å². The molecule has 15 heavy (non-hydrogen) atoms. The summed E-state index contributed by atoms with van der Waals surface area (Å²) in [6, 6.07) is 0.109. The fraction of sp³-hybridized carbons (Fsp3) is 0.900. The lowest BCUT2D eigenvalue weighted by Crippen LogP contribution is -2.42. The Bertz CT molecular complexity index is 221. The predicted molar refractivity (Wildman–Crippen MR) is 56.6 cm³/mol. The summed E-state index contributed by atoms with van der Waals surface area (Å²) in [6.07, 6.45) is 0.268. The average molecular weight is 216 g/mol. The van der Waals surface area contributed by atoms with Gasteiger partial charge in [-0.3, -0.25) is 4.79 Å². The normalized spacial score (nSPS) is 26.3. The number of β-amino-alcohol motifs (C(OH)–C–C–N with tert-alkyl or cyclic N) is 1. The molecule has 2 unspecified atom stereocenters. The van der Waals surface area contributed by atoms with E-state index in [9.17, 15) is 9.90 Å². The largest absolute Gasteiger partial charge is 0.391 e. The van der Waals surface area contributed by atoms with E-state index in [4.69, 9.17) is 4.74 Å². The molecule has 1 saturated heterocycles. The topological polar surface area (TPSA) is 53.0 Å². The van der Waals surface area contributed by atoms with Crippen LogP contribution in [0, 0.1) is 0 Å². The minimum atomic E-state index is -0.393. The molecule has 88 valence electrons. The van der Waals surface area contributed by atoms with Gasteiger partial charge in [0.15, 0.2) is 0 Å². The Labute approximate surface area is 90.6 Å². The van der Waals surface area contributed by atoms with Crippen LogP contribution in [-0.4, -0.2) is 73.9 Å². The van der Waals surface area contributed by atoms with Crippen molar-refractivity contribution in [3.63, 3.8) is 0 Å². The van der Waals surface area contributed by atoms with E-state index < -0.39 is 6.10 Å². The summed E-state index contributed by atoms with van der Waals surface area (Å²) in [5, 5.41) is 9.55. The Balaban J connectivity index is 2.56. The SMILES string of the molecule is COCC(=O)N1CC(O)CC1CN(C)C. The predicted octanol–water partition coefficient (Wildman–Crippen LogP) is -0.844. The quantitative estimate of drug-likeness (QED) is 0.665. The van der Waals surface area contributed by atoms with Crippen molar-refractivity contribution in [1.82, 2.24) is 9.80 Å². The van der Waals surface area contributed by atoms with Gasteiger partial charge in [0.05, 0.1) is 6.10 Å². The maximum absolute atomic E-state index is 11.7. The maximum Gasteiger partial charge on any atom is 0.248 e. The van der Waals surface area contributed by atoms with Crippen molar-refractivity contribution in [2.45, 2.75) is 18.6 Å². The van der Waals surface area contributed by atoms with Crippen LogP contribution in [0.5, 0.6) is 0 Å². The molecule has 0 spiro atoms. The molecule has 0 bridgehead atoms. The van der Waals surface area contributed by atoms with Gasteiger partial charge in [-0.25, -0.2) is 0 Å². The zero-order valence-corrected chi connectivity index (χ0v) is 9.64. The molecule has 1 heterocycles. The van der Waals surface area contributed by atoms with Crippen molar-refractivity contribution in [3.8, 4) is 0 Å². The van der Waals surface area contributed by atoms with Crippen LogP contribution in [0.25, 0.3) is 0 Å². The van der Waals surface area contributed by atoms with Gasteiger partial charge in [0.1, 0.15) is 6.61 Å². The zero-order valence-electron chi connectivity index (χ0n) is 9.64. The average Bonchev–Trinajstić information content (AvgIpc) is 2.46. The standard InChI is InChI=1S/C10H20N2O3/c1-11(2)5-8-4-9(13)6-12(8)10(14)7-15-3/h8-9,13H,4-7H2,1-3H3. The monoisotopic (exact) mass is 216 g/mol. The minimum Gasteiger partial charge on any atom is -0.391 e. The van der Waals surface area contributed by atoms with Gasteiger partial charge in [-0.1, -0.05) is 0 Å². The van der Waals surface area contributed by atoms with Gasteiger partial charge in [-0.15, -0.1) is 0 Å². The number of hydrogen-bond donors (Lipinski definition) is 1. The van der Waals surface area contributed by atoms with Crippen molar-refractivity contribution < 1.29 is 14.6 Å². The first-order chi connectivity index (χ1) is 7.04. The summed E-state index contributed by atoms with van der Waals surface area (Å²) in [6.45, 7) is 1.31. The van der Waals surface area contributed by atoms with Crippen LogP contribution >= 0.6 is 0 Å². The van der Waals surface area contributed by atoms with E-state index in [1.807, 2.05) is 19.0 Å². The number of ether oxygens (including phenoxy) is 1. The molecule has 0 aliphatic carbocycles. The number of carbonyl (C=O) groups excluding carboxylic acids is 1. The van der Waals surface area contributed by atoms with Gasteiger partial charge in [-0.2, -0.15) is 0 Å². The first-order valence-corrected chi connectivity index (χ1v) is 5.15. The van der Waals surface area contributed by atoms with Crippen LogP contribution in [0.1, 0.15) is 6.42 Å². The van der Waals surface area contributed by atoms with E-state index >= 15 is 0 Å². The number of hydrogen-bond acceptors (Lipinski definition) is 4. The number of likely N-dealkylation sites (N-methyl/N-ethyl adjacent to an activating group) is 1. The third-order valence-corrected chi connectivity index (χ3v) is 2.56. The molecule has 0 aromatic rings. The van der Waals surface area contributed by atoms with E-state index in [1.54, 1.807) is 4.90 Å². The van der Waals surface area contributed by atoms with Crippen LogP contribution in [0.4, 0.5) is 0 Å². The number of aliphatic hydroxyl groups is 1. The summed E-state index contributed by atoms with van der Waals surface area (Å²) >= 11 is 0. The summed E-state index contributed by atoms with van der Waals surface area (Å²) in [7, 11) is 5.43. The van der Waals surface area contributed by atoms with E-state index in [2.05, 4.69) is 0 Å². The Kier molecular flexibility index (Phi) is 4.50. The highest BCUT2D eigenvalue weighted by Gasteiger charge is 2.34. The third kappa shape index (κ3) is 3.44. The second-order valence-corrected chi connectivity index (χ2v) is 4.28. The van der Waals surface area contributed by atoms with E-state index in [1.165, 1.54) is 7.11 Å². The molecule has 2 atom stereocenters. The minimum absolute atomic E-state index is 0.0408. The van der Waals surface area contributed by atoms with Crippen molar-refractivity contribution in [2.24, 2.45) is 0 Å². The molecule has 5 nitrogen and oxygen atoms in total. The third-order valence-electron chi connectivity index (χ3n) is 2.56. The van der Waals surface area contributed by atoms with E-state index in [0.717, 1.165) is 6.54 Å². The van der Waals surface area contributed by atoms with Gasteiger partial charge >= 0.3 is 0 Å². The molecule has 1 amide bonds. The Morgan fingerprint density at radius 3 is 2.80 bits per heavy atom. The van der Waals surface area contributed by atoms with Crippen LogP contribution in [0.3, 0.4) is 0 Å². The van der Waals surface area contributed by atoms with Crippen molar-refractivity contribution in [1.29, 1.82) is 0 Å². The Morgan fingerprint density at radius 2 is 2.27 bits per heavy atom. The molecule has 0 saturated carbocycles. The van der Waals surface area contributed by atoms with E-state index in [-0.39, 0.29) is 18.6 Å². The maximum atomic E-state index is 11.7. The summed E-state index contributed by atoms with van der Waals surface area (Å²) in [5.74, 6) is -0.0408. The number of methoxy groups -OCH3 is 1. The first-order valence-electron chi connectivity index (χ1n) is 5.15. The highest BCUT2D eigenvalue weighted by molar-refractivity contribution is 5.78. The molecule has 0 aromatic heterocycles. The number of amides is 1. The number of rotatable bonds is 4. The van der Waals surface area contributed by atoms with Gasteiger partial charge in [0, 0.05) is 26.2 Å². The number of likely N-dealkylation sites (tertiary alicyclic amines) is 1. The molecule has 1 rings (SSSR count). The van der Waals surface area contributed by atoms with Crippen molar-refractivity contribution in [3.05, 3.63) is 0 Å². The Morgan fingerprint density at radius 1 is 1.60 bits per heavy atom. The highest BCUT2D eigenvalue weighted by Crippen LogP contribution is 2.18. The molecular weight excluding hydrogens is 196 g/mol. The van der Waals surface area contributed by atoms with Gasteiger partial charge in [0.2, 0.25) is 5.91 Å². The second-order valence-electron chi connectivity index (χ2n) is 4.28. The molecule has 5 heteroatoms. The molecular formula is C10H20N2O3. The fourth-order valence-corrected chi connectivity index (χ4v) is 2.00. The number of nitrogens with zero attached hydrogens (tertiary/aromatic N) is 2. The van der Waals surface area contributed by atoms with Crippen LogP contribution < -0.4 is 0 Å². The molecule has 1 N–H and O–H groups in total. The number of aliphatic hydroxyl groups excluding tert-OH is 1. The first kappa shape index (κ1) is 12.4. The molecule has 0 aromatic carbocycles. The smallest absolute Gasteiger partial charge is 0.248 e. The lowest BCUT2D eigenvalue weighted by atomic mass is 10.2. The summed E-state index contributed by atoms with van der Waals surface area (Å²) in [5.41, 5.74) is 0. The number of carbonyl (C=O) groups is 1. The lowest BCUT2D eigenvalue weighted by molar-refractivity contribution is -0.136.